The van der Waals surface area contributed by atoms with Gasteiger partial charge in [-0.25, -0.2) is 0 Å². The van der Waals surface area contributed by atoms with Gasteiger partial charge in [0.2, 0.25) is 0 Å². The number of rotatable bonds is 2. The Morgan fingerprint density at radius 3 is 2.64 bits per heavy atom. The van der Waals surface area contributed by atoms with Gasteiger partial charge in [-0.05, 0) is 54.8 Å². The summed E-state index contributed by atoms with van der Waals surface area (Å²) in [6.45, 7) is 3.99. The lowest BCUT2D eigenvalue weighted by molar-refractivity contribution is -0.113. The van der Waals surface area contributed by atoms with E-state index in [0.717, 1.165) is 22.4 Å². The van der Waals surface area contributed by atoms with Crippen molar-refractivity contribution in [3.05, 3.63) is 64.3 Å². The molecule has 2 aromatic rings. The van der Waals surface area contributed by atoms with Gasteiger partial charge in [-0.15, -0.1) is 0 Å². The molecule has 1 saturated heterocycles. The summed E-state index contributed by atoms with van der Waals surface area (Å²) in [4.78, 5) is 19.0. The second kappa shape index (κ2) is 6.02. The lowest BCUT2D eigenvalue weighted by Gasteiger charge is -2.17. The Labute approximate surface area is 139 Å². The van der Waals surface area contributed by atoms with Crippen LogP contribution in [0.4, 0.5) is 5.69 Å². The number of aromatic nitrogens is 1. The number of carbonyl (C=O) groups is 1. The summed E-state index contributed by atoms with van der Waals surface area (Å²) in [7, 11) is 0. The molecule has 0 radical (unpaired) electrons. The first-order valence-electron chi connectivity index (χ1n) is 6.81. The molecule has 1 aliphatic rings. The molecule has 0 atom stereocenters. The molecule has 110 valence electrons. The van der Waals surface area contributed by atoms with Gasteiger partial charge in [0.25, 0.3) is 5.91 Å². The lowest BCUT2D eigenvalue weighted by Crippen LogP contribution is -2.28. The first-order valence-corrected chi connectivity index (χ1v) is 8.04. The zero-order chi connectivity index (χ0) is 15.7. The van der Waals surface area contributed by atoms with Crippen molar-refractivity contribution in [2.75, 3.05) is 4.90 Å². The molecule has 3 nitrogen and oxygen atoms in total. The molecule has 0 bridgehead atoms. The van der Waals surface area contributed by atoms with Crippen LogP contribution in [0.5, 0.6) is 0 Å². The van der Waals surface area contributed by atoms with Crippen molar-refractivity contribution in [1.82, 2.24) is 4.98 Å². The number of pyridine rings is 1. The summed E-state index contributed by atoms with van der Waals surface area (Å²) in [5, 5.41) is 0. The van der Waals surface area contributed by atoms with E-state index >= 15 is 0 Å². The molecule has 0 unspecified atom stereocenters. The summed E-state index contributed by atoms with van der Waals surface area (Å²) in [5.41, 5.74) is 3.94. The Hall–Kier alpha value is -1.98. The van der Waals surface area contributed by atoms with E-state index in [4.69, 9.17) is 12.2 Å². The first-order chi connectivity index (χ1) is 10.6. The van der Waals surface area contributed by atoms with Crippen molar-refractivity contribution in [3.63, 3.8) is 0 Å². The quantitative estimate of drug-likeness (QED) is 0.614. The van der Waals surface area contributed by atoms with Gasteiger partial charge in [0, 0.05) is 12.4 Å². The van der Waals surface area contributed by atoms with E-state index in [1.54, 1.807) is 17.3 Å². The number of aryl methyl sites for hydroxylation is 2. The minimum Gasteiger partial charge on any atom is -0.268 e. The van der Waals surface area contributed by atoms with E-state index in [1.807, 2.05) is 50.3 Å². The van der Waals surface area contributed by atoms with E-state index in [-0.39, 0.29) is 5.91 Å². The largest absolute Gasteiger partial charge is 0.270 e. The Kier molecular flexibility index (Phi) is 4.09. The fraction of sp³-hybridized carbons (Fsp3) is 0.118. The molecular formula is C17H14N2OS2. The van der Waals surface area contributed by atoms with Gasteiger partial charge < -0.3 is 0 Å². The number of carbonyl (C=O) groups excluding carboxylic acids is 1. The third-order valence-electron chi connectivity index (χ3n) is 3.40. The van der Waals surface area contributed by atoms with Crippen LogP contribution in [0.1, 0.15) is 16.7 Å². The van der Waals surface area contributed by atoms with Crippen LogP contribution in [0.25, 0.3) is 6.08 Å². The second-order valence-electron chi connectivity index (χ2n) is 5.09. The Morgan fingerprint density at radius 2 is 1.91 bits per heavy atom. The van der Waals surface area contributed by atoms with E-state index in [9.17, 15) is 4.79 Å². The van der Waals surface area contributed by atoms with Crippen LogP contribution in [-0.2, 0) is 4.79 Å². The maximum atomic E-state index is 12.7. The molecule has 1 aromatic heterocycles. The molecule has 0 N–H and O–H groups in total. The number of thioether (sulfide) groups is 1. The Bertz CT molecular complexity index is 785. The maximum absolute atomic E-state index is 12.7. The van der Waals surface area contributed by atoms with Gasteiger partial charge in [0.1, 0.15) is 0 Å². The highest BCUT2D eigenvalue weighted by Crippen LogP contribution is 2.37. The second-order valence-corrected chi connectivity index (χ2v) is 6.76. The van der Waals surface area contributed by atoms with Crippen LogP contribution < -0.4 is 4.90 Å². The fourth-order valence-electron chi connectivity index (χ4n) is 2.25. The summed E-state index contributed by atoms with van der Waals surface area (Å²) < 4.78 is 0.569. The highest BCUT2D eigenvalue weighted by Gasteiger charge is 2.34. The molecule has 0 aliphatic carbocycles. The van der Waals surface area contributed by atoms with E-state index < -0.39 is 0 Å². The van der Waals surface area contributed by atoms with Crippen LogP contribution in [0.3, 0.4) is 0 Å². The normalized spacial score (nSPS) is 16.6. The van der Waals surface area contributed by atoms with Crippen LogP contribution in [0, 0.1) is 13.8 Å². The number of hydrogen-bond donors (Lipinski definition) is 0. The first kappa shape index (κ1) is 14.9. The SMILES string of the molecule is Cc1ccc(C)c(N2C(=O)/C(=C/c3ccncc3)SC2=S)c1. The monoisotopic (exact) mass is 326 g/mol. The molecule has 1 amide bonds. The molecule has 1 fully saturated rings. The zero-order valence-corrected chi connectivity index (χ0v) is 13.9. The van der Waals surface area contributed by atoms with Crippen LogP contribution in [0.2, 0.25) is 0 Å². The maximum Gasteiger partial charge on any atom is 0.270 e. The van der Waals surface area contributed by atoms with Crippen molar-refractivity contribution in [3.8, 4) is 0 Å². The molecule has 1 aliphatic heterocycles. The molecular weight excluding hydrogens is 312 g/mol. The van der Waals surface area contributed by atoms with Gasteiger partial charge >= 0.3 is 0 Å². The van der Waals surface area contributed by atoms with Crippen molar-refractivity contribution < 1.29 is 4.79 Å². The smallest absolute Gasteiger partial charge is 0.268 e. The fourth-order valence-corrected chi connectivity index (χ4v) is 3.53. The molecule has 1 aromatic carbocycles. The Morgan fingerprint density at radius 1 is 1.18 bits per heavy atom. The third-order valence-corrected chi connectivity index (χ3v) is 4.71. The highest BCUT2D eigenvalue weighted by atomic mass is 32.2. The van der Waals surface area contributed by atoms with Gasteiger partial charge in [-0.3, -0.25) is 14.7 Å². The summed E-state index contributed by atoms with van der Waals surface area (Å²) >= 11 is 6.75. The van der Waals surface area contributed by atoms with Gasteiger partial charge in [-0.2, -0.15) is 0 Å². The number of anilines is 1. The molecule has 3 rings (SSSR count). The summed E-state index contributed by atoms with van der Waals surface area (Å²) in [5.74, 6) is -0.0690. The molecule has 5 heteroatoms. The summed E-state index contributed by atoms with van der Waals surface area (Å²) in [6.07, 6.45) is 5.26. The van der Waals surface area contributed by atoms with Crippen molar-refractivity contribution in [2.45, 2.75) is 13.8 Å². The third kappa shape index (κ3) is 2.82. The van der Waals surface area contributed by atoms with Crippen LogP contribution in [-0.4, -0.2) is 15.2 Å². The Balaban J connectivity index is 1.99. The molecule has 0 saturated carbocycles. The minimum atomic E-state index is -0.0690. The van der Waals surface area contributed by atoms with Crippen molar-refractivity contribution in [2.24, 2.45) is 0 Å². The number of nitrogens with zero attached hydrogens (tertiary/aromatic N) is 2. The van der Waals surface area contributed by atoms with Crippen LogP contribution in [0.15, 0.2) is 47.6 Å². The average molecular weight is 326 g/mol. The predicted octanol–water partition coefficient (Wildman–Crippen LogP) is 4.10. The van der Waals surface area contributed by atoms with Gasteiger partial charge in [0.05, 0.1) is 10.6 Å². The standard InChI is InChI=1S/C17H14N2OS2/c1-11-3-4-12(2)14(9-11)19-16(20)15(22-17(19)21)10-13-5-7-18-8-6-13/h3-10H,1-2H3/b15-10-. The zero-order valence-electron chi connectivity index (χ0n) is 12.2. The topological polar surface area (TPSA) is 33.2 Å². The van der Waals surface area contributed by atoms with E-state index in [1.165, 1.54) is 11.8 Å². The lowest BCUT2D eigenvalue weighted by atomic mass is 10.1. The van der Waals surface area contributed by atoms with Gasteiger partial charge in [-0.1, -0.05) is 36.1 Å². The van der Waals surface area contributed by atoms with Gasteiger partial charge in [0.15, 0.2) is 4.32 Å². The average Bonchev–Trinajstić information content (AvgIpc) is 2.77. The molecule has 2 heterocycles. The number of hydrogen-bond acceptors (Lipinski definition) is 4. The predicted molar refractivity (Wildman–Crippen MR) is 95.8 cm³/mol. The van der Waals surface area contributed by atoms with Crippen molar-refractivity contribution >= 4 is 46.0 Å². The number of thiocarbonyl (C=S) groups is 1. The van der Waals surface area contributed by atoms with E-state index in [2.05, 4.69) is 4.98 Å². The highest BCUT2D eigenvalue weighted by molar-refractivity contribution is 8.27. The van der Waals surface area contributed by atoms with E-state index in [0.29, 0.717) is 9.23 Å². The number of amides is 1. The summed E-state index contributed by atoms with van der Waals surface area (Å²) in [6, 6.07) is 9.77. The molecule has 0 spiro atoms. The van der Waals surface area contributed by atoms with Crippen molar-refractivity contribution in [1.29, 1.82) is 0 Å². The van der Waals surface area contributed by atoms with Crippen LogP contribution >= 0.6 is 24.0 Å². The minimum absolute atomic E-state index is 0.0690. The molecule has 22 heavy (non-hydrogen) atoms. The number of benzene rings is 1.